The normalized spacial score (nSPS) is 11.8. The lowest BCUT2D eigenvalue weighted by molar-refractivity contribution is 0.226. The molecule has 3 heteroatoms. The second-order valence-electron chi connectivity index (χ2n) is 6.17. The molecule has 0 saturated carbocycles. The van der Waals surface area contributed by atoms with E-state index in [4.69, 9.17) is 8.85 Å². The first-order valence-electron chi connectivity index (χ1n) is 8.89. The standard InChI is InChI=1S/C22H22O2Si/c1-3-23-25(24-4-2)22-20-12-8-7-11-18(20)14-19-13-16-9-5-6-10-17(16)15-21(19)22/h5-15,25H,3-4H2,1-2H3. The molecular weight excluding hydrogens is 324 g/mol. The fraction of sp³-hybridized carbons (Fsp3) is 0.182. The number of rotatable bonds is 5. The fourth-order valence-electron chi connectivity index (χ4n) is 3.56. The summed E-state index contributed by atoms with van der Waals surface area (Å²) >= 11 is 0. The smallest absolute Gasteiger partial charge is 0.357 e. The van der Waals surface area contributed by atoms with Gasteiger partial charge in [-0.2, -0.15) is 0 Å². The highest BCUT2D eigenvalue weighted by Crippen LogP contribution is 2.27. The number of hydrogen-bond donors (Lipinski definition) is 0. The van der Waals surface area contributed by atoms with Crippen LogP contribution < -0.4 is 5.19 Å². The van der Waals surface area contributed by atoms with Gasteiger partial charge in [0.05, 0.1) is 0 Å². The Hall–Kier alpha value is -2.20. The summed E-state index contributed by atoms with van der Waals surface area (Å²) in [5.41, 5.74) is 0. The Labute approximate surface area is 149 Å². The number of benzene rings is 4. The SMILES string of the molecule is CCO[SiH](OCC)c1c2ccccc2cc2cc3ccccc3cc12. The van der Waals surface area contributed by atoms with Crippen molar-refractivity contribution in [1.29, 1.82) is 0 Å². The molecule has 4 aromatic carbocycles. The maximum absolute atomic E-state index is 6.11. The molecule has 0 bridgehead atoms. The molecule has 0 aliphatic carbocycles. The Kier molecular flexibility index (Phi) is 4.53. The summed E-state index contributed by atoms with van der Waals surface area (Å²) in [4.78, 5) is 0. The van der Waals surface area contributed by atoms with Crippen LogP contribution in [0.25, 0.3) is 32.3 Å². The van der Waals surface area contributed by atoms with Gasteiger partial charge in [-0.1, -0.05) is 48.5 Å². The summed E-state index contributed by atoms with van der Waals surface area (Å²) in [5.74, 6) is 0. The summed E-state index contributed by atoms with van der Waals surface area (Å²) in [6, 6.07) is 23.9. The summed E-state index contributed by atoms with van der Waals surface area (Å²) in [7, 11) is -1.97. The molecule has 0 saturated heterocycles. The van der Waals surface area contributed by atoms with E-state index >= 15 is 0 Å². The molecule has 0 unspecified atom stereocenters. The van der Waals surface area contributed by atoms with E-state index in [0.717, 1.165) is 0 Å². The lowest BCUT2D eigenvalue weighted by Crippen LogP contribution is -2.38. The number of fused-ring (bicyclic) bond motifs is 3. The molecule has 0 heterocycles. The van der Waals surface area contributed by atoms with Gasteiger partial charge in [0.15, 0.2) is 0 Å². The van der Waals surface area contributed by atoms with Crippen LogP contribution in [0, 0.1) is 0 Å². The van der Waals surface area contributed by atoms with E-state index in [9.17, 15) is 0 Å². The molecule has 0 aliphatic rings. The quantitative estimate of drug-likeness (QED) is 0.387. The Morgan fingerprint density at radius 3 is 1.88 bits per heavy atom. The summed E-state index contributed by atoms with van der Waals surface area (Å²) in [5, 5.41) is 8.80. The van der Waals surface area contributed by atoms with Crippen molar-refractivity contribution in [3.63, 3.8) is 0 Å². The lowest BCUT2D eigenvalue weighted by Gasteiger charge is -2.20. The maximum Gasteiger partial charge on any atom is 0.357 e. The summed E-state index contributed by atoms with van der Waals surface area (Å²) in [6.45, 7) is 5.44. The highest BCUT2D eigenvalue weighted by atomic mass is 28.3. The van der Waals surface area contributed by atoms with Gasteiger partial charge in [0, 0.05) is 18.4 Å². The molecule has 0 aliphatic heterocycles. The highest BCUT2D eigenvalue weighted by Gasteiger charge is 2.22. The van der Waals surface area contributed by atoms with Crippen molar-refractivity contribution in [2.75, 3.05) is 13.2 Å². The molecule has 0 N–H and O–H groups in total. The molecule has 126 valence electrons. The van der Waals surface area contributed by atoms with Crippen LogP contribution in [0.1, 0.15) is 13.8 Å². The number of hydrogen-bond acceptors (Lipinski definition) is 2. The zero-order chi connectivity index (χ0) is 17.2. The Morgan fingerprint density at radius 1 is 0.640 bits per heavy atom. The highest BCUT2D eigenvalue weighted by molar-refractivity contribution is 6.68. The van der Waals surface area contributed by atoms with Crippen molar-refractivity contribution < 1.29 is 8.85 Å². The topological polar surface area (TPSA) is 18.5 Å². The van der Waals surface area contributed by atoms with Gasteiger partial charge in [-0.3, -0.25) is 0 Å². The van der Waals surface area contributed by atoms with Crippen molar-refractivity contribution in [1.82, 2.24) is 0 Å². The molecule has 0 aromatic heterocycles. The van der Waals surface area contributed by atoms with E-state index in [2.05, 4.69) is 66.7 Å². The largest absolute Gasteiger partial charge is 0.394 e. The summed E-state index contributed by atoms with van der Waals surface area (Å²) in [6.07, 6.45) is 0. The Balaban J connectivity index is 2.11. The van der Waals surface area contributed by atoms with Gasteiger partial charge in [-0.25, -0.2) is 0 Å². The Bertz CT molecular complexity index is 1030. The van der Waals surface area contributed by atoms with Gasteiger partial charge >= 0.3 is 9.28 Å². The predicted octanol–water partition coefficient (Wildman–Crippen LogP) is 4.65. The van der Waals surface area contributed by atoms with Crippen LogP contribution >= 0.6 is 0 Å². The van der Waals surface area contributed by atoms with Crippen LogP contribution in [-0.4, -0.2) is 22.5 Å². The minimum Gasteiger partial charge on any atom is -0.394 e. The zero-order valence-corrected chi connectivity index (χ0v) is 15.8. The van der Waals surface area contributed by atoms with Crippen LogP contribution in [0.2, 0.25) is 0 Å². The third kappa shape index (κ3) is 2.95. The molecule has 25 heavy (non-hydrogen) atoms. The molecule has 4 rings (SSSR count). The Morgan fingerprint density at radius 2 is 1.20 bits per heavy atom. The first-order chi connectivity index (χ1) is 12.3. The van der Waals surface area contributed by atoms with Gasteiger partial charge in [0.2, 0.25) is 0 Å². The molecule has 4 aromatic rings. The van der Waals surface area contributed by atoms with Crippen LogP contribution in [0.4, 0.5) is 0 Å². The van der Waals surface area contributed by atoms with Gasteiger partial charge in [0.1, 0.15) is 0 Å². The van der Waals surface area contributed by atoms with Crippen molar-refractivity contribution in [3.05, 3.63) is 66.7 Å². The lowest BCUT2D eigenvalue weighted by atomic mass is 9.99. The van der Waals surface area contributed by atoms with Gasteiger partial charge in [-0.05, 0) is 64.4 Å². The molecule has 0 spiro atoms. The minimum atomic E-state index is -1.97. The van der Waals surface area contributed by atoms with Crippen LogP contribution in [0.5, 0.6) is 0 Å². The first kappa shape index (κ1) is 16.3. The fourth-order valence-corrected chi connectivity index (χ4v) is 5.62. The van der Waals surface area contributed by atoms with E-state index in [-0.39, 0.29) is 0 Å². The predicted molar refractivity (Wildman–Crippen MR) is 109 cm³/mol. The van der Waals surface area contributed by atoms with Gasteiger partial charge < -0.3 is 8.85 Å². The summed E-state index contributed by atoms with van der Waals surface area (Å²) < 4.78 is 12.2. The van der Waals surface area contributed by atoms with Crippen LogP contribution in [0.3, 0.4) is 0 Å². The van der Waals surface area contributed by atoms with Gasteiger partial charge in [0.25, 0.3) is 0 Å². The minimum absolute atomic E-state index is 0.676. The van der Waals surface area contributed by atoms with Crippen molar-refractivity contribution >= 4 is 46.8 Å². The molecule has 0 fully saturated rings. The van der Waals surface area contributed by atoms with Crippen molar-refractivity contribution in [2.24, 2.45) is 0 Å². The van der Waals surface area contributed by atoms with E-state index in [1.54, 1.807) is 0 Å². The average Bonchev–Trinajstić information content (AvgIpc) is 2.64. The van der Waals surface area contributed by atoms with Crippen LogP contribution in [0.15, 0.2) is 66.7 Å². The molecular formula is C22H22O2Si. The van der Waals surface area contributed by atoms with Crippen molar-refractivity contribution in [2.45, 2.75) is 13.8 Å². The third-order valence-corrected chi connectivity index (χ3v) is 7.01. The average molecular weight is 347 g/mol. The van der Waals surface area contributed by atoms with Crippen LogP contribution in [-0.2, 0) is 8.85 Å². The third-order valence-electron chi connectivity index (χ3n) is 4.64. The van der Waals surface area contributed by atoms with E-state index in [1.807, 2.05) is 13.8 Å². The maximum atomic E-state index is 6.11. The zero-order valence-electron chi connectivity index (χ0n) is 14.7. The van der Waals surface area contributed by atoms with E-state index in [0.29, 0.717) is 13.2 Å². The second kappa shape index (κ2) is 6.96. The van der Waals surface area contributed by atoms with Gasteiger partial charge in [-0.15, -0.1) is 0 Å². The molecule has 0 atom stereocenters. The molecule has 0 radical (unpaired) electrons. The second-order valence-corrected chi connectivity index (χ2v) is 8.08. The van der Waals surface area contributed by atoms with Crippen molar-refractivity contribution in [3.8, 4) is 0 Å². The molecule has 0 amide bonds. The van der Waals surface area contributed by atoms with E-state index in [1.165, 1.54) is 37.5 Å². The monoisotopic (exact) mass is 346 g/mol. The first-order valence-corrected chi connectivity index (χ1v) is 10.4. The van der Waals surface area contributed by atoms with E-state index < -0.39 is 9.28 Å². The molecule has 2 nitrogen and oxygen atoms in total.